The lowest BCUT2D eigenvalue weighted by molar-refractivity contribution is 0.00668. The average Bonchev–Trinajstić information content (AvgIpc) is 2.16. The summed E-state index contributed by atoms with van der Waals surface area (Å²) >= 11 is 0. The molecule has 0 radical (unpaired) electrons. The first kappa shape index (κ1) is 20.2. The Labute approximate surface area is 129 Å². The summed E-state index contributed by atoms with van der Waals surface area (Å²) in [6.45, 7) is 12.7. The molecule has 6 nitrogen and oxygen atoms in total. The maximum absolute atomic E-state index is 12.2. The Morgan fingerprint density at radius 3 is 2.00 bits per heavy atom. The third-order valence-corrected chi connectivity index (χ3v) is 3.53. The van der Waals surface area contributed by atoms with Crippen LogP contribution < -0.4 is 5.32 Å². The molecule has 0 atom stereocenters. The van der Waals surface area contributed by atoms with Gasteiger partial charge in [0.2, 0.25) is 0 Å². The Hall–Kier alpha value is -0.820. The molecule has 126 valence electrons. The Morgan fingerprint density at radius 2 is 1.62 bits per heavy atom. The third kappa shape index (κ3) is 10.5. The molecule has 0 heterocycles. The normalized spacial score (nSPS) is 13.1. The molecular weight excluding hydrogens is 292 g/mol. The fraction of sp³-hybridized carbons (Fsp3) is 0.929. The smallest absolute Gasteiger partial charge is 0.410 e. The van der Waals surface area contributed by atoms with Gasteiger partial charge in [0.1, 0.15) is 15.4 Å². The largest absolute Gasteiger partial charge is 0.444 e. The fourth-order valence-electron chi connectivity index (χ4n) is 1.59. The molecule has 0 saturated heterocycles. The lowest BCUT2D eigenvalue weighted by Crippen LogP contribution is -2.50. The third-order valence-electron chi connectivity index (χ3n) is 2.59. The molecule has 0 aromatic carbocycles. The number of hydrogen-bond acceptors (Lipinski definition) is 5. The Bertz CT molecular complexity index is 433. The maximum Gasteiger partial charge on any atom is 0.410 e. The molecule has 0 spiro atoms. The molecule has 0 rings (SSSR count). The van der Waals surface area contributed by atoms with E-state index in [1.807, 2.05) is 41.5 Å². The second kappa shape index (κ2) is 7.45. The number of carbonyl (C=O) groups is 1. The second-order valence-corrected chi connectivity index (χ2v) is 9.44. The van der Waals surface area contributed by atoms with Crippen molar-refractivity contribution in [3.05, 3.63) is 0 Å². The molecule has 0 saturated carbocycles. The quantitative estimate of drug-likeness (QED) is 0.753. The first-order chi connectivity index (χ1) is 9.22. The van der Waals surface area contributed by atoms with Gasteiger partial charge >= 0.3 is 6.09 Å². The zero-order valence-electron chi connectivity index (χ0n) is 14.3. The van der Waals surface area contributed by atoms with E-state index in [0.717, 1.165) is 0 Å². The van der Waals surface area contributed by atoms with Crippen molar-refractivity contribution in [1.29, 1.82) is 0 Å². The van der Waals surface area contributed by atoms with Crippen LogP contribution in [0.4, 0.5) is 4.79 Å². The zero-order valence-corrected chi connectivity index (χ0v) is 15.1. The highest BCUT2D eigenvalue weighted by atomic mass is 32.2. The van der Waals surface area contributed by atoms with Crippen molar-refractivity contribution in [1.82, 2.24) is 10.2 Å². The monoisotopic (exact) mass is 322 g/mol. The summed E-state index contributed by atoms with van der Waals surface area (Å²) in [7, 11) is -2.96. The van der Waals surface area contributed by atoms with Crippen LogP contribution in [-0.4, -0.2) is 62.2 Å². The molecule has 7 heteroatoms. The molecule has 1 N–H and O–H groups in total. The predicted octanol–water partition coefficient (Wildman–Crippen LogP) is 1.66. The van der Waals surface area contributed by atoms with E-state index in [4.69, 9.17) is 4.74 Å². The Balaban J connectivity index is 4.43. The molecular formula is C14H30N2O4S. The number of nitrogens with zero attached hydrogens (tertiary/aromatic N) is 1. The van der Waals surface area contributed by atoms with E-state index in [9.17, 15) is 13.2 Å². The number of carbonyl (C=O) groups excluding carboxylic acids is 1. The van der Waals surface area contributed by atoms with Crippen LogP contribution in [-0.2, 0) is 14.6 Å². The van der Waals surface area contributed by atoms with E-state index in [2.05, 4.69) is 5.32 Å². The van der Waals surface area contributed by atoms with Crippen molar-refractivity contribution in [2.75, 3.05) is 31.6 Å². The molecule has 21 heavy (non-hydrogen) atoms. The van der Waals surface area contributed by atoms with Crippen LogP contribution in [0.5, 0.6) is 0 Å². The van der Waals surface area contributed by atoms with Crippen molar-refractivity contribution in [2.24, 2.45) is 0 Å². The highest BCUT2D eigenvalue weighted by Crippen LogP contribution is 2.17. The van der Waals surface area contributed by atoms with Gasteiger partial charge in [0.15, 0.2) is 0 Å². The number of amides is 1. The minimum Gasteiger partial charge on any atom is -0.444 e. The zero-order chi connectivity index (χ0) is 16.9. The highest BCUT2D eigenvalue weighted by Gasteiger charge is 2.30. The van der Waals surface area contributed by atoms with Crippen LogP contribution in [0.2, 0.25) is 0 Å². The van der Waals surface area contributed by atoms with Crippen molar-refractivity contribution in [3.8, 4) is 0 Å². The van der Waals surface area contributed by atoms with Gasteiger partial charge in [0.25, 0.3) is 0 Å². The Morgan fingerprint density at radius 1 is 1.10 bits per heavy atom. The lowest BCUT2D eigenvalue weighted by atomic mass is 10.1. The molecule has 0 bridgehead atoms. The van der Waals surface area contributed by atoms with Crippen LogP contribution in [0.15, 0.2) is 0 Å². The minimum absolute atomic E-state index is 0.0922. The van der Waals surface area contributed by atoms with Crippen LogP contribution >= 0.6 is 0 Å². The summed E-state index contributed by atoms with van der Waals surface area (Å²) in [5.74, 6) is 0.0922. The average molecular weight is 322 g/mol. The van der Waals surface area contributed by atoms with Crippen LogP contribution in [0.3, 0.4) is 0 Å². The summed E-state index contributed by atoms with van der Waals surface area (Å²) in [5, 5.41) is 3.03. The number of sulfone groups is 1. The first-order valence-electron chi connectivity index (χ1n) is 7.11. The number of nitrogens with one attached hydrogen (secondary N) is 1. The summed E-state index contributed by atoms with van der Waals surface area (Å²) < 4.78 is 27.5. The van der Waals surface area contributed by atoms with E-state index < -0.39 is 15.4 Å². The predicted molar refractivity (Wildman–Crippen MR) is 85.3 cm³/mol. The summed E-state index contributed by atoms with van der Waals surface area (Å²) in [4.78, 5) is 13.9. The van der Waals surface area contributed by atoms with Crippen LogP contribution in [0.1, 0.15) is 41.5 Å². The van der Waals surface area contributed by atoms with Gasteiger partial charge in [-0.15, -0.1) is 0 Å². The van der Waals surface area contributed by atoms with Crippen molar-refractivity contribution < 1.29 is 17.9 Å². The molecule has 0 aliphatic carbocycles. The molecule has 0 aliphatic heterocycles. The number of hydrogen-bond donors (Lipinski definition) is 1. The van der Waals surface area contributed by atoms with E-state index in [-0.39, 0.29) is 17.4 Å². The van der Waals surface area contributed by atoms with E-state index in [1.165, 1.54) is 6.26 Å². The van der Waals surface area contributed by atoms with Gasteiger partial charge in [-0.05, 0) is 41.5 Å². The standard InChI is InChI=1S/C14H30N2O4S/c1-13(2,3)16(12(17)20-14(4,5)6)10-8-15-9-11-21(7,18)19/h15H,8-11H2,1-7H3. The van der Waals surface area contributed by atoms with E-state index >= 15 is 0 Å². The van der Waals surface area contributed by atoms with E-state index in [1.54, 1.807) is 4.90 Å². The van der Waals surface area contributed by atoms with Gasteiger partial charge in [0.05, 0.1) is 5.75 Å². The van der Waals surface area contributed by atoms with Gasteiger partial charge < -0.3 is 15.0 Å². The fourth-order valence-corrected chi connectivity index (χ4v) is 2.11. The minimum atomic E-state index is -2.96. The van der Waals surface area contributed by atoms with Gasteiger partial charge in [-0.25, -0.2) is 13.2 Å². The van der Waals surface area contributed by atoms with Crippen molar-refractivity contribution in [3.63, 3.8) is 0 Å². The topological polar surface area (TPSA) is 75.7 Å². The molecule has 0 unspecified atom stereocenters. The first-order valence-corrected chi connectivity index (χ1v) is 9.17. The summed E-state index contributed by atoms with van der Waals surface area (Å²) in [6, 6.07) is 0. The van der Waals surface area contributed by atoms with Gasteiger partial charge in [-0.2, -0.15) is 0 Å². The highest BCUT2D eigenvalue weighted by molar-refractivity contribution is 7.90. The molecule has 0 aliphatic rings. The van der Waals surface area contributed by atoms with Crippen molar-refractivity contribution >= 4 is 15.9 Å². The lowest BCUT2D eigenvalue weighted by Gasteiger charge is -2.36. The number of rotatable bonds is 6. The van der Waals surface area contributed by atoms with Gasteiger partial charge in [-0.1, -0.05) is 0 Å². The van der Waals surface area contributed by atoms with Gasteiger partial charge in [-0.3, -0.25) is 0 Å². The van der Waals surface area contributed by atoms with E-state index in [0.29, 0.717) is 19.6 Å². The second-order valence-electron chi connectivity index (χ2n) is 7.18. The molecule has 0 fully saturated rings. The molecule has 1 amide bonds. The van der Waals surface area contributed by atoms with Crippen LogP contribution in [0.25, 0.3) is 0 Å². The molecule has 0 aromatic rings. The van der Waals surface area contributed by atoms with Gasteiger partial charge in [0, 0.05) is 31.4 Å². The maximum atomic E-state index is 12.2. The summed E-state index contributed by atoms with van der Waals surface area (Å²) in [6.07, 6.45) is 0.844. The number of ether oxygens (including phenoxy) is 1. The summed E-state index contributed by atoms with van der Waals surface area (Å²) in [5.41, 5.74) is -0.898. The Kier molecular flexibility index (Phi) is 7.15. The SMILES string of the molecule is CC(C)(C)OC(=O)N(CCNCCS(C)(=O)=O)C(C)(C)C. The van der Waals surface area contributed by atoms with Crippen LogP contribution in [0, 0.1) is 0 Å². The molecule has 0 aromatic heterocycles. The van der Waals surface area contributed by atoms with Crippen molar-refractivity contribution in [2.45, 2.75) is 52.7 Å².